The first kappa shape index (κ1) is 24.3. The minimum absolute atomic E-state index is 0.0321. The Hall–Kier alpha value is -3.39. The molecule has 2 atom stereocenters. The topological polar surface area (TPSA) is 125 Å². The number of hydrogen-bond acceptors (Lipinski definition) is 5. The maximum atomic E-state index is 12.3. The second kappa shape index (κ2) is 11.5. The molecule has 8 nitrogen and oxygen atoms in total. The molecule has 0 aromatic heterocycles. The largest absolute Gasteiger partial charge is 0.480 e. The fourth-order valence-electron chi connectivity index (χ4n) is 4.14. The van der Waals surface area contributed by atoms with Crippen molar-refractivity contribution in [1.82, 2.24) is 10.6 Å². The van der Waals surface area contributed by atoms with Crippen molar-refractivity contribution in [1.29, 1.82) is 0 Å². The monoisotopic (exact) mass is 454 g/mol. The third-order valence-electron chi connectivity index (χ3n) is 5.98. The molecule has 4 N–H and O–H groups in total. The van der Waals surface area contributed by atoms with Gasteiger partial charge in [0.25, 0.3) is 0 Å². The van der Waals surface area contributed by atoms with Crippen molar-refractivity contribution in [3.05, 3.63) is 59.7 Å². The van der Waals surface area contributed by atoms with Crippen LogP contribution in [0.4, 0.5) is 4.79 Å². The molecular weight excluding hydrogens is 424 g/mol. The summed E-state index contributed by atoms with van der Waals surface area (Å²) in [5.41, 5.74) is 4.57. The number of nitrogens with one attached hydrogen (secondary N) is 2. The molecule has 2 aromatic carbocycles. The van der Waals surface area contributed by atoms with E-state index in [2.05, 4.69) is 22.8 Å². The van der Waals surface area contributed by atoms with Crippen LogP contribution in [0.15, 0.2) is 48.5 Å². The number of carbonyl (C=O) groups is 3. The average Bonchev–Trinajstić information content (AvgIpc) is 3.13. The van der Waals surface area contributed by atoms with Gasteiger partial charge in [-0.3, -0.25) is 4.79 Å². The van der Waals surface area contributed by atoms with E-state index in [0.717, 1.165) is 22.3 Å². The first-order valence-electron chi connectivity index (χ1n) is 11.2. The third kappa shape index (κ3) is 6.10. The second-order valence-electron chi connectivity index (χ2n) is 8.16. The van der Waals surface area contributed by atoms with Crippen LogP contribution in [0.3, 0.4) is 0 Å². The quantitative estimate of drug-likeness (QED) is 0.414. The minimum atomic E-state index is -1.19. The number of fused-ring (bicyclic) bond motifs is 3. The predicted octanol–water partition coefficient (Wildman–Crippen LogP) is 2.89. The summed E-state index contributed by atoms with van der Waals surface area (Å²) in [6.45, 7) is 1.99. The maximum absolute atomic E-state index is 12.3. The number of aliphatic hydroxyl groups excluding tert-OH is 1. The fourth-order valence-corrected chi connectivity index (χ4v) is 4.14. The summed E-state index contributed by atoms with van der Waals surface area (Å²) in [6.07, 6.45) is 0.0689. The number of amides is 2. The van der Waals surface area contributed by atoms with E-state index in [4.69, 9.17) is 14.9 Å². The lowest BCUT2D eigenvalue weighted by atomic mass is 9.98. The van der Waals surface area contributed by atoms with Crippen LogP contribution in [0.25, 0.3) is 11.1 Å². The Morgan fingerprint density at radius 2 is 1.64 bits per heavy atom. The van der Waals surface area contributed by atoms with Gasteiger partial charge in [0, 0.05) is 31.9 Å². The Labute approximate surface area is 193 Å². The lowest BCUT2D eigenvalue weighted by Crippen LogP contribution is -2.42. The number of carboxylic acids is 1. The number of rotatable bonds is 11. The molecule has 1 aliphatic rings. The summed E-state index contributed by atoms with van der Waals surface area (Å²) in [5, 5.41) is 23.1. The summed E-state index contributed by atoms with van der Waals surface area (Å²) >= 11 is 0. The Morgan fingerprint density at radius 1 is 1.03 bits per heavy atom. The van der Waals surface area contributed by atoms with Gasteiger partial charge in [-0.05, 0) is 28.2 Å². The Balaban J connectivity index is 1.50. The standard InChI is InChI=1S/C25H30N2O6/c1-2-16(13-23(29)27-22(11-12-28)24(30)31)14-26-25(32)33-15-21-19-9-5-3-7-17(19)18-8-4-6-10-20(18)21/h3-10,16,21-22,28H,2,11-15H2,1H3,(H,26,32)(H,27,29)(H,30,31). The number of carbonyl (C=O) groups excluding carboxylic acids is 2. The highest BCUT2D eigenvalue weighted by molar-refractivity contribution is 5.83. The summed E-state index contributed by atoms with van der Waals surface area (Å²) in [5.74, 6) is -1.83. The second-order valence-corrected chi connectivity index (χ2v) is 8.16. The first-order chi connectivity index (χ1) is 15.9. The third-order valence-corrected chi connectivity index (χ3v) is 5.98. The molecule has 33 heavy (non-hydrogen) atoms. The number of aliphatic carboxylic acids is 1. The van der Waals surface area contributed by atoms with E-state index in [1.54, 1.807) is 0 Å². The van der Waals surface area contributed by atoms with E-state index in [1.807, 2.05) is 43.3 Å². The minimum Gasteiger partial charge on any atom is -0.480 e. The van der Waals surface area contributed by atoms with Gasteiger partial charge in [0.15, 0.2) is 0 Å². The van der Waals surface area contributed by atoms with Crippen LogP contribution < -0.4 is 10.6 Å². The number of benzene rings is 2. The van der Waals surface area contributed by atoms with E-state index >= 15 is 0 Å². The molecule has 0 saturated heterocycles. The van der Waals surface area contributed by atoms with Crippen molar-refractivity contribution >= 4 is 18.0 Å². The first-order valence-corrected chi connectivity index (χ1v) is 11.2. The van der Waals surface area contributed by atoms with Crippen LogP contribution in [0.1, 0.15) is 43.2 Å². The molecule has 0 radical (unpaired) electrons. The summed E-state index contributed by atoms with van der Waals surface area (Å²) in [7, 11) is 0. The number of carboxylic acid groups (broad SMARTS) is 1. The number of hydrogen-bond donors (Lipinski definition) is 4. The van der Waals surface area contributed by atoms with Crippen LogP contribution in [-0.2, 0) is 14.3 Å². The molecule has 2 aromatic rings. The van der Waals surface area contributed by atoms with Gasteiger partial charge in [-0.1, -0.05) is 61.9 Å². The molecule has 0 spiro atoms. The normalized spacial score (nSPS) is 14.0. The van der Waals surface area contributed by atoms with Gasteiger partial charge in [-0.15, -0.1) is 0 Å². The predicted molar refractivity (Wildman–Crippen MR) is 123 cm³/mol. The molecule has 8 heteroatoms. The van der Waals surface area contributed by atoms with Crippen LogP contribution >= 0.6 is 0 Å². The smallest absolute Gasteiger partial charge is 0.407 e. The van der Waals surface area contributed by atoms with Crippen LogP contribution in [0.5, 0.6) is 0 Å². The zero-order chi connectivity index (χ0) is 23.8. The lowest BCUT2D eigenvalue weighted by molar-refractivity contribution is -0.142. The zero-order valence-corrected chi connectivity index (χ0v) is 18.6. The molecule has 3 rings (SSSR count). The van der Waals surface area contributed by atoms with E-state index in [1.165, 1.54) is 0 Å². The van der Waals surface area contributed by atoms with Gasteiger partial charge in [0.2, 0.25) is 5.91 Å². The molecule has 176 valence electrons. The molecule has 0 heterocycles. The van der Waals surface area contributed by atoms with Crippen LogP contribution in [0.2, 0.25) is 0 Å². The van der Waals surface area contributed by atoms with Gasteiger partial charge < -0.3 is 25.6 Å². The lowest BCUT2D eigenvalue weighted by Gasteiger charge is -2.19. The summed E-state index contributed by atoms with van der Waals surface area (Å²) in [6, 6.07) is 15.1. The molecule has 2 unspecified atom stereocenters. The maximum Gasteiger partial charge on any atom is 0.407 e. The number of ether oxygens (including phenoxy) is 1. The highest BCUT2D eigenvalue weighted by atomic mass is 16.5. The van der Waals surface area contributed by atoms with Crippen molar-refractivity contribution in [3.63, 3.8) is 0 Å². The van der Waals surface area contributed by atoms with E-state index in [0.29, 0.717) is 6.42 Å². The molecule has 0 bridgehead atoms. The number of aliphatic hydroxyl groups is 1. The molecule has 0 saturated carbocycles. The molecule has 0 fully saturated rings. The van der Waals surface area contributed by atoms with Gasteiger partial charge in [-0.2, -0.15) is 0 Å². The SMILES string of the molecule is CCC(CNC(=O)OCC1c2ccccc2-c2ccccc21)CC(=O)NC(CCO)C(=O)O. The molecule has 0 aliphatic heterocycles. The molecule has 2 amide bonds. The summed E-state index contributed by atoms with van der Waals surface area (Å²) < 4.78 is 5.51. The average molecular weight is 455 g/mol. The van der Waals surface area contributed by atoms with Crippen molar-refractivity contribution in [2.45, 2.75) is 38.1 Å². The van der Waals surface area contributed by atoms with Crippen LogP contribution in [0, 0.1) is 5.92 Å². The Kier molecular flexibility index (Phi) is 8.43. The van der Waals surface area contributed by atoms with Crippen molar-refractivity contribution in [2.75, 3.05) is 19.8 Å². The highest BCUT2D eigenvalue weighted by Crippen LogP contribution is 2.44. The van der Waals surface area contributed by atoms with Gasteiger partial charge >= 0.3 is 12.1 Å². The van der Waals surface area contributed by atoms with E-state index in [9.17, 15) is 14.4 Å². The molecule has 1 aliphatic carbocycles. The van der Waals surface area contributed by atoms with E-state index < -0.39 is 24.0 Å². The highest BCUT2D eigenvalue weighted by Gasteiger charge is 2.29. The van der Waals surface area contributed by atoms with Gasteiger partial charge in [-0.25, -0.2) is 9.59 Å². The number of alkyl carbamates (subject to hydrolysis) is 1. The fraction of sp³-hybridized carbons (Fsp3) is 0.400. The van der Waals surface area contributed by atoms with E-state index in [-0.39, 0.29) is 44.4 Å². The summed E-state index contributed by atoms with van der Waals surface area (Å²) in [4.78, 5) is 35.7. The van der Waals surface area contributed by atoms with Gasteiger partial charge in [0.05, 0.1) is 0 Å². The van der Waals surface area contributed by atoms with Crippen molar-refractivity contribution in [2.24, 2.45) is 5.92 Å². The van der Waals surface area contributed by atoms with Crippen molar-refractivity contribution in [3.8, 4) is 11.1 Å². The Bertz CT molecular complexity index is 947. The molecular formula is C25H30N2O6. The van der Waals surface area contributed by atoms with Gasteiger partial charge in [0.1, 0.15) is 12.6 Å². The Morgan fingerprint density at radius 3 is 2.18 bits per heavy atom. The van der Waals surface area contributed by atoms with Crippen molar-refractivity contribution < 1.29 is 29.3 Å². The van der Waals surface area contributed by atoms with Crippen LogP contribution in [-0.4, -0.2) is 54.0 Å². The zero-order valence-electron chi connectivity index (χ0n) is 18.6.